The first-order chi connectivity index (χ1) is 8.20. The third kappa shape index (κ3) is 3.19. The molecule has 1 aliphatic carbocycles. The van der Waals surface area contributed by atoms with Gasteiger partial charge in [-0.2, -0.15) is 0 Å². The highest BCUT2D eigenvalue weighted by atomic mass is 32.2. The molecule has 1 aromatic carbocycles. The zero-order valence-corrected chi connectivity index (χ0v) is 10.5. The van der Waals surface area contributed by atoms with Crippen LogP contribution in [0.2, 0.25) is 0 Å². The summed E-state index contributed by atoms with van der Waals surface area (Å²) in [5, 5.41) is 0. The van der Waals surface area contributed by atoms with E-state index in [1.54, 1.807) is 0 Å². The summed E-state index contributed by atoms with van der Waals surface area (Å²) in [6.07, 6.45) is 4.89. The number of thioether (sulfide) groups is 1. The maximum atomic E-state index is 13.7. The number of nitrogens with two attached hydrogens (primary N) is 1. The Morgan fingerprint density at radius 3 is 2.29 bits per heavy atom. The average Bonchev–Trinajstić information content (AvgIpc) is 2.80. The Bertz CT molecular complexity index is 366. The molecular formula is C13H17F2NS. The molecule has 1 nitrogen and oxygen atoms in total. The molecule has 0 bridgehead atoms. The number of hydrogen-bond donors (Lipinski definition) is 1. The molecule has 1 aromatic rings. The second kappa shape index (κ2) is 5.83. The summed E-state index contributed by atoms with van der Waals surface area (Å²) in [5.74, 6) is 0.477. The van der Waals surface area contributed by atoms with Crippen LogP contribution < -0.4 is 5.73 Å². The van der Waals surface area contributed by atoms with Crippen molar-refractivity contribution in [2.45, 2.75) is 37.1 Å². The molecule has 4 heteroatoms. The molecule has 0 radical (unpaired) electrons. The fourth-order valence-electron chi connectivity index (χ4n) is 2.25. The normalized spacial score (nSPS) is 16.6. The highest BCUT2D eigenvalue weighted by molar-refractivity contribution is 7.99. The monoisotopic (exact) mass is 257 g/mol. The molecule has 2 rings (SSSR count). The van der Waals surface area contributed by atoms with Crippen LogP contribution in [0.3, 0.4) is 0 Å². The molecule has 0 unspecified atom stereocenters. The molecule has 0 saturated heterocycles. The zero-order valence-electron chi connectivity index (χ0n) is 9.72. The minimum absolute atomic E-state index is 0.147. The lowest BCUT2D eigenvalue weighted by molar-refractivity contribution is 0.536. The minimum Gasteiger partial charge on any atom is -0.326 e. The standard InChI is InChI=1S/C13H17F2NS/c14-11-5-10(7-16)6-12(15)13(11)17-8-9-3-1-2-4-9/h5-6,9H,1-4,7-8,16H2. The molecule has 17 heavy (non-hydrogen) atoms. The van der Waals surface area contributed by atoms with Crippen molar-refractivity contribution in [3.63, 3.8) is 0 Å². The van der Waals surface area contributed by atoms with Crippen molar-refractivity contribution in [3.05, 3.63) is 29.3 Å². The lowest BCUT2D eigenvalue weighted by Gasteiger charge is -2.10. The second-order valence-corrected chi connectivity index (χ2v) is 5.58. The highest BCUT2D eigenvalue weighted by Gasteiger charge is 2.18. The Morgan fingerprint density at radius 2 is 1.76 bits per heavy atom. The zero-order chi connectivity index (χ0) is 12.3. The molecule has 2 N–H and O–H groups in total. The van der Waals surface area contributed by atoms with Gasteiger partial charge >= 0.3 is 0 Å². The van der Waals surface area contributed by atoms with Gasteiger partial charge in [0, 0.05) is 12.3 Å². The summed E-state index contributed by atoms with van der Waals surface area (Å²) in [7, 11) is 0. The van der Waals surface area contributed by atoms with E-state index in [4.69, 9.17) is 5.73 Å². The lowest BCUT2D eigenvalue weighted by atomic mass is 10.1. The van der Waals surface area contributed by atoms with Crippen LogP contribution in [0.4, 0.5) is 8.78 Å². The molecular weight excluding hydrogens is 240 g/mol. The Hall–Kier alpha value is -0.610. The predicted octanol–water partition coefficient (Wildman–Crippen LogP) is 3.71. The predicted molar refractivity (Wildman–Crippen MR) is 66.9 cm³/mol. The molecule has 0 spiro atoms. The molecule has 1 saturated carbocycles. The van der Waals surface area contributed by atoms with Gasteiger partial charge in [0.05, 0.1) is 4.90 Å². The van der Waals surface area contributed by atoms with Gasteiger partial charge in [0.2, 0.25) is 0 Å². The molecule has 0 amide bonds. The van der Waals surface area contributed by atoms with Crippen LogP contribution in [0.25, 0.3) is 0 Å². The van der Waals surface area contributed by atoms with Gasteiger partial charge in [0.1, 0.15) is 11.6 Å². The Balaban J connectivity index is 2.04. The SMILES string of the molecule is NCc1cc(F)c(SCC2CCCC2)c(F)c1. The van der Waals surface area contributed by atoms with Crippen molar-refractivity contribution < 1.29 is 8.78 Å². The van der Waals surface area contributed by atoms with E-state index < -0.39 is 11.6 Å². The van der Waals surface area contributed by atoms with E-state index in [9.17, 15) is 8.78 Å². The van der Waals surface area contributed by atoms with Crippen molar-refractivity contribution >= 4 is 11.8 Å². The van der Waals surface area contributed by atoms with Gasteiger partial charge < -0.3 is 5.73 Å². The van der Waals surface area contributed by atoms with Crippen LogP contribution in [0.15, 0.2) is 17.0 Å². The van der Waals surface area contributed by atoms with Crippen molar-refractivity contribution in [2.24, 2.45) is 11.7 Å². The van der Waals surface area contributed by atoms with E-state index in [0.717, 1.165) is 5.75 Å². The van der Waals surface area contributed by atoms with E-state index in [1.165, 1.54) is 49.6 Å². The van der Waals surface area contributed by atoms with Gasteiger partial charge in [-0.1, -0.05) is 12.8 Å². The molecule has 0 aliphatic heterocycles. The first kappa shape index (κ1) is 12.8. The van der Waals surface area contributed by atoms with E-state index in [0.29, 0.717) is 11.5 Å². The van der Waals surface area contributed by atoms with E-state index in [2.05, 4.69) is 0 Å². The van der Waals surface area contributed by atoms with Crippen molar-refractivity contribution in [3.8, 4) is 0 Å². The van der Waals surface area contributed by atoms with Crippen molar-refractivity contribution in [1.82, 2.24) is 0 Å². The van der Waals surface area contributed by atoms with Gasteiger partial charge in [-0.05, 0) is 36.5 Å². The molecule has 1 aliphatic rings. The number of benzene rings is 1. The van der Waals surface area contributed by atoms with Crippen LogP contribution in [-0.2, 0) is 6.54 Å². The fraction of sp³-hybridized carbons (Fsp3) is 0.538. The van der Waals surface area contributed by atoms with Crippen molar-refractivity contribution in [2.75, 3.05) is 5.75 Å². The van der Waals surface area contributed by atoms with Crippen LogP contribution in [0.1, 0.15) is 31.2 Å². The van der Waals surface area contributed by atoms with Gasteiger partial charge in [-0.3, -0.25) is 0 Å². The van der Waals surface area contributed by atoms with E-state index in [1.807, 2.05) is 0 Å². The molecule has 94 valence electrons. The van der Waals surface area contributed by atoms with Gasteiger partial charge in [0.25, 0.3) is 0 Å². The largest absolute Gasteiger partial charge is 0.326 e. The number of halogens is 2. The third-order valence-electron chi connectivity index (χ3n) is 3.23. The Labute approximate surface area is 105 Å². The number of rotatable bonds is 4. The molecule has 0 atom stereocenters. The molecule has 1 fully saturated rings. The maximum Gasteiger partial charge on any atom is 0.140 e. The maximum absolute atomic E-state index is 13.7. The first-order valence-electron chi connectivity index (χ1n) is 6.01. The summed E-state index contributed by atoms with van der Waals surface area (Å²) in [6.45, 7) is 0.168. The summed E-state index contributed by atoms with van der Waals surface area (Å²) < 4.78 is 27.3. The first-order valence-corrected chi connectivity index (χ1v) is 7.00. The van der Waals surface area contributed by atoms with Crippen LogP contribution in [-0.4, -0.2) is 5.75 Å². The van der Waals surface area contributed by atoms with Gasteiger partial charge in [-0.25, -0.2) is 8.78 Å². The smallest absolute Gasteiger partial charge is 0.140 e. The number of hydrogen-bond acceptors (Lipinski definition) is 2. The molecule has 0 heterocycles. The third-order valence-corrected chi connectivity index (χ3v) is 4.55. The quantitative estimate of drug-likeness (QED) is 0.832. The summed E-state index contributed by atoms with van der Waals surface area (Å²) in [4.78, 5) is 0.147. The Kier molecular flexibility index (Phi) is 4.40. The van der Waals surface area contributed by atoms with E-state index >= 15 is 0 Å². The molecule has 0 aromatic heterocycles. The van der Waals surface area contributed by atoms with E-state index in [-0.39, 0.29) is 11.4 Å². The Morgan fingerprint density at radius 1 is 1.18 bits per heavy atom. The van der Waals surface area contributed by atoms with Crippen LogP contribution in [0, 0.1) is 17.6 Å². The fourth-order valence-corrected chi connectivity index (χ4v) is 3.38. The van der Waals surface area contributed by atoms with Crippen molar-refractivity contribution in [1.29, 1.82) is 0 Å². The topological polar surface area (TPSA) is 26.0 Å². The second-order valence-electron chi connectivity index (χ2n) is 4.55. The van der Waals surface area contributed by atoms with Crippen LogP contribution in [0.5, 0.6) is 0 Å². The lowest BCUT2D eigenvalue weighted by Crippen LogP contribution is -2.02. The summed E-state index contributed by atoms with van der Waals surface area (Å²) in [6, 6.07) is 2.67. The highest BCUT2D eigenvalue weighted by Crippen LogP contribution is 2.33. The average molecular weight is 257 g/mol. The van der Waals surface area contributed by atoms with Gasteiger partial charge in [0.15, 0.2) is 0 Å². The van der Waals surface area contributed by atoms with Crippen LogP contribution >= 0.6 is 11.8 Å². The summed E-state index contributed by atoms with van der Waals surface area (Å²) in [5.41, 5.74) is 5.88. The van der Waals surface area contributed by atoms with Gasteiger partial charge in [-0.15, -0.1) is 11.8 Å². The summed E-state index contributed by atoms with van der Waals surface area (Å²) >= 11 is 1.30. The minimum atomic E-state index is -0.478.